The third-order valence-corrected chi connectivity index (χ3v) is 3.50. The largest absolute Gasteiger partial charge is 0.380 e. The highest BCUT2D eigenvalue weighted by molar-refractivity contribution is 4.87. The van der Waals surface area contributed by atoms with E-state index in [0.29, 0.717) is 24.0 Å². The number of nitrogens with zero attached hydrogens (tertiary/aromatic N) is 1. The van der Waals surface area contributed by atoms with Gasteiger partial charge in [0.25, 0.3) is 0 Å². The molecule has 0 aliphatic carbocycles. The summed E-state index contributed by atoms with van der Waals surface area (Å²) in [5, 5.41) is 3.53. The Morgan fingerprint density at radius 1 is 1.38 bits per heavy atom. The van der Waals surface area contributed by atoms with Gasteiger partial charge in [0.1, 0.15) is 0 Å². The molecule has 0 bridgehead atoms. The van der Waals surface area contributed by atoms with Crippen molar-refractivity contribution in [2.45, 2.75) is 52.7 Å². The van der Waals surface area contributed by atoms with Crippen LogP contribution in [0.2, 0.25) is 0 Å². The van der Waals surface area contributed by atoms with Gasteiger partial charge in [0.05, 0.1) is 6.61 Å². The summed E-state index contributed by atoms with van der Waals surface area (Å²) in [5.41, 5.74) is 0. The number of nitrogens with one attached hydrogen (secondary N) is 1. The second-order valence-electron chi connectivity index (χ2n) is 5.33. The molecular weight excluding hydrogens is 200 g/mol. The second-order valence-corrected chi connectivity index (χ2v) is 5.33. The topological polar surface area (TPSA) is 24.5 Å². The van der Waals surface area contributed by atoms with E-state index in [-0.39, 0.29) is 0 Å². The maximum atomic E-state index is 5.63. The molecule has 1 aliphatic heterocycles. The predicted octanol–water partition coefficient (Wildman–Crippen LogP) is 1.73. The molecule has 0 aromatic heterocycles. The van der Waals surface area contributed by atoms with E-state index in [1.807, 2.05) is 0 Å². The zero-order chi connectivity index (χ0) is 12.1. The molecule has 0 spiro atoms. The van der Waals surface area contributed by atoms with Gasteiger partial charge < -0.3 is 10.1 Å². The zero-order valence-electron chi connectivity index (χ0n) is 11.5. The maximum absolute atomic E-state index is 5.63. The summed E-state index contributed by atoms with van der Waals surface area (Å²) >= 11 is 0. The number of hydrogen-bond donors (Lipinski definition) is 1. The molecule has 0 aromatic carbocycles. The van der Waals surface area contributed by atoms with Crippen molar-refractivity contribution in [1.29, 1.82) is 0 Å². The Balaban J connectivity index is 2.59. The van der Waals surface area contributed by atoms with Crippen molar-refractivity contribution in [3.63, 3.8) is 0 Å². The molecule has 96 valence electrons. The first kappa shape index (κ1) is 13.9. The van der Waals surface area contributed by atoms with Gasteiger partial charge in [-0.3, -0.25) is 4.90 Å². The van der Waals surface area contributed by atoms with Gasteiger partial charge in [-0.1, -0.05) is 13.8 Å². The average molecular weight is 228 g/mol. The van der Waals surface area contributed by atoms with Crippen molar-refractivity contribution < 1.29 is 4.74 Å². The molecule has 0 saturated carbocycles. The highest BCUT2D eigenvalue weighted by atomic mass is 16.5. The van der Waals surface area contributed by atoms with E-state index in [4.69, 9.17) is 4.74 Å². The van der Waals surface area contributed by atoms with Crippen molar-refractivity contribution in [1.82, 2.24) is 10.2 Å². The average Bonchev–Trinajstić information content (AvgIpc) is 2.23. The Morgan fingerprint density at radius 2 is 2.06 bits per heavy atom. The molecule has 1 N–H and O–H groups in total. The summed E-state index contributed by atoms with van der Waals surface area (Å²) in [6.45, 7) is 15.1. The van der Waals surface area contributed by atoms with Crippen LogP contribution in [-0.2, 0) is 4.74 Å². The number of hydrogen-bond acceptors (Lipinski definition) is 3. The molecule has 3 unspecified atom stereocenters. The van der Waals surface area contributed by atoms with Gasteiger partial charge in [0, 0.05) is 37.8 Å². The van der Waals surface area contributed by atoms with Crippen LogP contribution in [0.15, 0.2) is 0 Å². The lowest BCUT2D eigenvalue weighted by Gasteiger charge is -2.44. The molecule has 1 saturated heterocycles. The lowest BCUT2D eigenvalue weighted by Crippen LogP contribution is -2.59. The van der Waals surface area contributed by atoms with Gasteiger partial charge in [0.15, 0.2) is 0 Å². The summed E-state index contributed by atoms with van der Waals surface area (Å²) in [5.74, 6) is 0.652. The summed E-state index contributed by atoms with van der Waals surface area (Å²) in [7, 11) is 0. The fraction of sp³-hybridized carbons (Fsp3) is 1.00. The summed E-state index contributed by atoms with van der Waals surface area (Å²) in [6.07, 6.45) is 0. The van der Waals surface area contributed by atoms with Crippen molar-refractivity contribution in [3.05, 3.63) is 0 Å². The molecule has 3 heteroatoms. The number of rotatable bonds is 5. The van der Waals surface area contributed by atoms with Crippen LogP contribution in [0.5, 0.6) is 0 Å². The van der Waals surface area contributed by atoms with Crippen molar-refractivity contribution in [2.75, 3.05) is 26.3 Å². The SMILES string of the molecule is CCOCC(C(C)C)N1CC(C)NCC1C. The summed E-state index contributed by atoms with van der Waals surface area (Å²) in [4.78, 5) is 2.61. The molecular formula is C13H28N2O. The first-order valence-corrected chi connectivity index (χ1v) is 6.63. The number of piperazine rings is 1. The van der Waals surface area contributed by atoms with Crippen LogP contribution >= 0.6 is 0 Å². The lowest BCUT2D eigenvalue weighted by atomic mass is 9.99. The van der Waals surface area contributed by atoms with Gasteiger partial charge in [-0.25, -0.2) is 0 Å². The molecule has 0 radical (unpaired) electrons. The van der Waals surface area contributed by atoms with E-state index in [9.17, 15) is 0 Å². The fourth-order valence-corrected chi connectivity index (χ4v) is 2.42. The smallest absolute Gasteiger partial charge is 0.0624 e. The van der Waals surface area contributed by atoms with Crippen LogP contribution in [0, 0.1) is 5.92 Å². The van der Waals surface area contributed by atoms with Crippen LogP contribution in [0.25, 0.3) is 0 Å². The molecule has 1 rings (SSSR count). The second kappa shape index (κ2) is 6.58. The monoisotopic (exact) mass is 228 g/mol. The lowest BCUT2D eigenvalue weighted by molar-refractivity contribution is 0.00757. The molecule has 0 aromatic rings. The van der Waals surface area contributed by atoms with Crippen molar-refractivity contribution >= 4 is 0 Å². The van der Waals surface area contributed by atoms with Crippen LogP contribution in [0.4, 0.5) is 0 Å². The maximum Gasteiger partial charge on any atom is 0.0624 e. The standard InChI is InChI=1S/C13H28N2O/c1-6-16-9-13(10(2)3)15-8-11(4)14-7-12(15)5/h10-14H,6-9H2,1-5H3. The molecule has 3 atom stereocenters. The number of ether oxygens (including phenoxy) is 1. The molecule has 1 fully saturated rings. The third-order valence-electron chi connectivity index (χ3n) is 3.50. The minimum Gasteiger partial charge on any atom is -0.380 e. The Kier molecular flexibility index (Phi) is 5.73. The molecule has 1 heterocycles. The minimum atomic E-state index is 0.555. The Labute approximate surface area is 101 Å². The van der Waals surface area contributed by atoms with E-state index in [1.54, 1.807) is 0 Å². The van der Waals surface area contributed by atoms with Gasteiger partial charge in [-0.15, -0.1) is 0 Å². The van der Waals surface area contributed by atoms with E-state index in [2.05, 4.69) is 44.8 Å². The van der Waals surface area contributed by atoms with Crippen LogP contribution in [0.1, 0.15) is 34.6 Å². The Hall–Kier alpha value is -0.120. The van der Waals surface area contributed by atoms with Crippen molar-refractivity contribution in [2.24, 2.45) is 5.92 Å². The van der Waals surface area contributed by atoms with Gasteiger partial charge in [0.2, 0.25) is 0 Å². The normalized spacial score (nSPS) is 29.6. The van der Waals surface area contributed by atoms with E-state index in [0.717, 1.165) is 26.3 Å². The molecule has 16 heavy (non-hydrogen) atoms. The van der Waals surface area contributed by atoms with Gasteiger partial charge in [-0.2, -0.15) is 0 Å². The third kappa shape index (κ3) is 3.72. The van der Waals surface area contributed by atoms with Crippen LogP contribution < -0.4 is 5.32 Å². The van der Waals surface area contributed by atoms with Crippen molar-refractivity contribution in [3.8, 4) is 0 Å². The fourth-order valence-electron chi connectivity index (χ4n) is 2.42. The predicted molar refractivity (Wildman–Crippen MR) is 68.8 cm³/mol. The quantitative estimate of drug-likeness (QED) is 0.775. The summed E-state index contributed by atoms with van der Waals surface area (Å²) in [6, 6.07) is 1.77. The first-order chi connectivity index (χ1) is 7.56. The Morgan fingerprint density at radius 3 is 2.62 bits per heavy atom. The van der Waals surface area contributed by atoms with E-state index >= 15 is 0 Å². The zero-order valence-corrected chi connectivity index (χ0v) is 11.5. The minimum absolute atomic E-state index is 0.555. The Bertz CT molecular complexity index is 196. The van der Waals surface area contributed by atoms with Gasteiger partial charge >= 0.3 is 0 Å². The summed E-state index contributed by atoms with van der Waals surface area (Å²) < 4.78 is 5.63. The van der Waals surface area contributed by atoms with E-state index < -0.39 is 0 Å². The molecule has 0 amide bonds. The molecule has 1 aliphatic rings. The molecule has 3 nitrogen and oxygen atoms in total. The van der Waals surface area contributed by atoms with E-state index in [1.165, 1.54) is 0 Å². The highest BCUT2D eigenvalue weighted by Gasteiger charge is 2.30. The van der Waals surface area contributed by atoms with Crippen LogP contribution in [-0.4, -0.2) is 49.3 Å². The van der Waals surface area contributed by atoms with Gasteiger partial charge in [-0.05, 0) is 26.7 Å². The van der Waals surface area contributed by atoms with Crippen LogP contribution in [0.3, 0.4) is 0 Å². The highest BCUT2D eigenvalue weighted by Crippen LogP contribution is 2.17. The first-order valence-electron chi connectivity index (χ1n) is 6.63.